The maximum Gasteiger partial charge on any atom is 0.291 e. The Balaban J connectivity index is 1.41. The van der Waals surface area contributed by atoms with Gasteiger partial charge in [-0.3, -0.25) is 14.9 Å². The number of nitro groups is 1. The molecule has 0 saturated heterocycles. The number of fused-ring (bicyclic) bond motifs is 1. The van der Waals surface area contributed by atoms with Crippen molar-refractivity contribution in [2.24, 2.45) is 0 Å². The van der Waals surface area contributed by atoms with Crippen LogP contribution in [0.3, 0.4) is 0 Å². The molecule has 0 aliphatic carbocycles. The van der Waals surface area contributed by atoms with Gasteiger partial charge in [0.2, 0.25) is 4.96 Å². The summed E-state index contributed by atoms with van der Waals surface area (Å²) in [5.74, 6) is 1.50. The van der Waals surface area contributed by atoms with Gasteiger partial charge in [0, 0.05) is 23.8 Å². The summed E-state index contributed by atoms with van der Waals surface area (Å²) in [6.45, 7) is 0. The molecule has 9 heteroatoms. The van der Waals surface area contributed by atoms with Crippen LogP contribution in [0.2, 0.25) is 0 Å². The van der Waals surface area contributed by atoms with Gasteiger partial charge in [0.25, 0.3) is 11.2 Å². The van der Waals surface area contributed by atoms with Crippen LogP contribution in [0.15, 0.2) is 75.9 Å². The number of hydrogen-bond acceptors (Lipinski definition) is 7. The van der Waals surface area contributed by atoms with Crippen molar-refractivity contribution < 1.29 is 9.34 Å². The number of non-ortho nitro benzene ring substituents is 1. The molecule has 5 rings (SSSR count). The molecule has 0 unspecified atom stereocenters. The molecule has 0 aliphatic rings. The molecule has 3 aromatic heterocycles. The number of nitro benzene ring substituents is 1. The highest BCUT2D eigenvalue weighted by atomic mass is 32.1. The van der Waals surface area contributed by atoms with E-state index in [9.17, 15) is 14.9 Å². The van der Waals surface area contributed by atoms with Crippen molar-refractivity contribution in [3.63, 3.8) is 0 Å². The number of aromatic nitrogens is 3. The second-order valence-corrected chi connectivity index (χ2v) is 7.84. The average molecular weight is 442 g/mol. The highest BCUT2D eigenvalue weighted by Gasteiger charge is 2.11. The van der Waals surface area contributed by atoms with Crippen molar-refractivity contribution in [2.75, 3.05) is 0 Å². The summed E-state index contributed by atoms with van der Waals surface area (Å²) in [5, 5.41) is 15.1. The molecule has 8 nitrogen and oxygen atoms in total. The molecule has 5 aromatic rings. The van der Waals surface area contributed by atoms with E-state index in [-0.39, 0.29) is 11.2 Å². The SMILES string of the molecule is O=c1/c(=C/c2ccc(-c3ccc([N+](=O)[O-])cc3)o2)sc2nc(/C=C/c3ccccc3)nn12. The molecule has 0 atom stereocenters. The van der Waals surface area contributed by atoms with Gasteiger partial charge in [-0.15, -0.1) is 5.10 Å². The molecule has 0 N–H and O–H groups in total. The van der Waals surface area contributed by atoms with Gasteiger partial charge >= 0.3 is 0 Å². The summed E-state index contributed by atoms with van der Waals surface area (Å²) >= 11 is 1.22. The van der Waals surface area contributed by atoms with E-state index in [1.807, 2.05) is 36.4 Å². The van der Waals surface area contributed by atoms with Crippen molar-refractivity contribution in [2.45, 2.75) is 0 Å². The summed E-state index contributed by atoms with van der Waals surface area (Å²) in [6, 6.07) is 19.3. The fourth-order valence-electron chi connectivity index (χ4n) is 3.12. The normalized spacial score (nSPS) is 12.2. The third-order valence-electron chi connectivity index (χ3n) is 4.69. The molecule has 0 bridgehead atoms. The van der Waals surface area contributed by atoms with Crippen molar-refractivity contribution in [3.05, 3.63) is 109 Å². The second kappa shape index (κ2) is 8.05. The predicted octanol–water partition coefficient (Wildman–Crippen LogP) is 4.04. The molecule has 0 fully saturated rings. The fourth-order valence-corrected chi connectivity index (χ4v) is 4.01. The number of rotatable bonds is 5. The predicted molar refractivity (Wildman–Crippen MR) is 122 cm³/mol. The topological polar surface area (TPSA) is 104 Å². The third kappa shape index (κ3) is 3.84. The molecule has 0 aliphatic heterocycles. The van der Waals surface area contributed by atoms with Crippen molar-refractivity contribution in [1.82, 2.24) is 14.6 Å². The van der Waals surface area contributed by atoms with Crippen LogP contribution in [-0.2, 0) is 0 Å². The van der Waals surface area contributed by atoms with Crippen LogP contribution in [0, 0.1) is 10.1 Å². The zero-order valence-electron chi connectivity index (χ0n) is 16.4. The Bertz CT molecular complexity index is 1560. The van der Waals surface area contributed by atoms with Crippen LogP contribution in [0.25, 0.3) is 34.5 Å². The van der Waals surface area contributed by atoms with E-state index in [4.69, 9.17) is 4.42 Å². The first kappa shape index (κ1) is 19.6. The molecule has 0 amide bonds. The highest BCUT2D eigenvalue weighted by molar-refractivity contribution is 7.15. The lowest BCUT2D eigenvalue weighted by Gasteiger charge is -1.96. The van der Waals surface area contributed by atoms with Crippen molar-refractivity contribution in [1.29, 1.82) is 0 Å². The minimum atomic E-state index is -0.453. The lowest BCUT2D eigenvalue weighted by Crippen LogP contribution is -2.23. The number of benzene rings is 2. The summed E-state index contributed by atoms with van der Waals surface area (Å²) in [5.41, 5.74) is 1.46. The van der Waals surface area contributed by atoms with Gasteiger partial charge < -0.3 is 4.42 Å². The lowest BCUT2D eigenvalue weighted by molar-refractivity contribution is -0.384. The Kier molecular flexibility index (Phi) is 4.92. The van der Waals surface area contributed by atoms with Crippen molar-refractivity contribution >= 4 is 40.2 Å². The van der Waals surface area contributed by atoms with Crippen molar-refractivity contribution in [3.8, 4) is 11.3 Å². The second-order valence-electron chi connectivity index (χ2n) is 6.83. The third-order valence-corrected chi connectivity index (χ3v) is 5.64. The van der Waals surface area contributed by atoms with Gasteiger partial charge in [-0.1, -0.05) is 47.7 Å². The molecule has 0 saturated carbocycles. The quantitative estimate of drug-likeness (QED) is 0.301. The van der Waals surface area contributed by atoms with E-state index in [0.29, 0.717) is 32.4 Å². The van der Waals surface area contributed by atoms with E-state index >= 15 is 0 Å². The molecule has 156 valence electrons. The van der Waals surface area contributed by atoms with Crippen LogP contribution in [0.4, 0.5) is 5.69 Å². The Labute approximate surface area is 184 Å². The van der Waals surface area contributed by atoms with E-state index in [2.05, 4.69) is 10.1 Å². The summed E-state index contributed by atoms with van der Waals surface area (Å²) in [7, 11) is 0. The largest absolute Gasteiger partial charge is 0.457 e. The number of nitrogens with zero attached hydrogens (tertiary/aromatic N) is 4. The maximum atomic E-state index is 12.7. The van der Waals surface area contributed by atoms with Crippen LogP contribution in [-0.4, -0.2) is 19.5 Å². The molecular formula is C23H14N4O4S. The number of thiazole rings is 1. The molecule has 32 heavy (non-hydrogen) atoms. The number of hydrogen-bond donors (Lipinski definition) is 0. The smallest absolute Gasteiger partial charge is 0.291 e. The Hall–Kier alpha value is -4.37. The molecule has 2 aromatic carbocycles. The molecule has 3 heterocycles. The van der Waals surface area contributed by atoms with Crippen LogP contribution in [0.5, 0.6) is 0 Å². The van der Waals surface area contributed by atoms with Crippen LogP contribution < -0.4 is 10.1 Å². The first-order valence-electron chi connectivity index (χ1n) is 9.56. The first-order chi connectivity index (χ1) is 15.6. The molecule has 0 spiro atoms. The number of furan rings is 1. The van der Waals surface area contributed by atoms with Gasteiger partial charge in [-0.05, 0) is 35.9 Å². The Morgan fingerprint density at radius 2 is 1.78 bits per heavy atom. The highest BCUT2D eigenvalue weighted by Crippen LogP contribution is 2.24. The molecular weight excluding hydrogens is 428 g/mol. The zero-order valence-corrected chi connectivity index (χ0v) is 17.2. The molecule has 0 radical (unpaired) electrons. The minimum Gasteiger partial charge on any atom is -0.457 e. The minimum absolute atomic E-state index is 0.00972. The van der Waals surface area contributed by atoms with Gasteiger partial charge in [0.05, 0.1) is 4.92 Å². The summed E-state index contributed by atoms with van der Waals surface area (Å²) in [4.78, 5) is 28.0. The van der Waals surface area contributed by atoms with Gasteiger partial charge in [0.1, 0.15) is 16.1 Å². The van der Waals surface area contributed by atoms with Gasteiger partial charge in [-0.25, -0.2) is 0 Å². The zero-order chi connectivity index (χ0) is 22.1. The first-order valence-corrected chi connectivity index (χ1v) is 10.4. The van der Waals surface area contributed by atoms with E-state index in [1.165, 1.54) is 28.0 Å². The Morgan fingerprint density at radius 1 is 1.00 bits per heavy atom. The van der Waals surface area contributed by atoms with E-state index in [0.717, 1.165) is 5.56 Å². The standard InChI is InChI=1S/C23H14N4O4S/c28-22-20(14-18-11-12-19(31-18)16-7-9-17(10-8-16)27(29)30)32-23-24-21(25-26(22)23)13-6-15-4-2-1-3-5-15/h1-14H/b13-6+,20-14-. The average Bonchev–Trinajstić information content (AvgIpc) is 3.51. The van der Waals surface area contributed by atoms with Crippen LogP contribution >= 0.6 is 11.3 Å². The lowest BCUT2D eigenvalue weighted by atomic mass is 10.1. The van der Waals surface area contributed by atoms with Crippen LogP contribution in [0.1, 0.15) is 17.1 Å². The van der Waals surface area contributed by atoms with E-state index < -0.39 is 4.92 Å². The fraction of sp³-hybridized carbons (Fsp3) is 0. The Morgan fingerprint density at radius 3 is 2.50 bits per heavy atom. The maximum absolute atomic E-state index is 12.7. The summed E-state index contributed by atoms with van der Waals surface area (Å²) < 4.78 is 7.52. The van der Waals surface area contributed by atoms with Gasteiger partial charge in [0.15, 0.2) is 5.82 Å². The summed E-state index contributed by atoms with van der Waals surface area (Å²) in [6.07, 6.45) is 5.29. The van der Waals surface area contributed by atoms with Gasteiger partial charge in [-0.2, -0.15) is 9.50 Å². The monoisotopic (exact) mass is 442 g/mol. The van der Waals surface area contributed by atoms with E-state index in [1.54, 1.807) is 36.4 Å².